The third-order valence-corrected chi connectivity index (χ3v) is 4.12. The van der Waals surface area contributed by atoms with E-state index >= 15 is 0 Å². The van der Waals surface area contributed by atoms with Crippen molar-refractivity contribution < 1.29 is 19.1 Å². The van der Waals surface area contributed by atoms with E-state index in [1.54, 1.807) is 0 Å². The van der Waals surface area contributed by atoms with E-state index in [0.29, 0.717) is 25.0 Å². The first kappa shape index (κ1) is 19.0. The molecule has 22 heavy (non-hydrogen) atoms. The highest BCUT2D eigenvalue weighted by Gasteiger charge is 2.31. The van der Waals surface area contributed by atoms with Crippen LogP contribution in [0.2, 0.25) is 0 Å². The first-order valence-corrected chi connectivity index (χ1v) is 8.73. The van der Waals surface area contributed by atoms with Crippen molar-refractivity contribution >= 4 is 11.9 Å². The number of carbonyl (C=O) groups excluding carboxylic acids is 2. The molecule has 1 fully saturated rings. The van der Waals surface area contributed by atoms with Gasteiger partial charge in [-0.3, -0.25) is 9.59 Å². The molecule has 1 aliphatic carbocycles. The Hall–Kier alpha value is -1.06. The van der Waals surface area contributed by atoms with Crippen LogP contribution in [0.3, 0.4) is 0 Å². The molecule has 0 amide bonds. The Morgan fingerprint density at radius 1 is 0.864 bits per heavy atom. The molecule has 0 aromatic heterocycles. The van der Waals surface area contributed by atoms with Gasteiger partial charge in [0.2, 0.25) is 0 Å². The fourth-order valence-corrected chi connectivity index (χ4v) is 2.71. The van der Waals surface area contributed by atoms with E-state index in [1.807, 2.05) is 13.8 Å². The van der Waals surface area contributed by atoms with E-state index in [2.05, 4.69) is 13.8 Å². The topological polar surface area (TPSA) is 52.6 Å². The molecule has 0 aromatic carbocycles. The van der Waals surface area contributed by atoms with Crippen LogP contribution in [0.5, 0.6) is 0 Å². The third-order valence-electron chi connectivity index (χ3n) is 4.12. The molecule has 128 valence electrons. The molecule has 4 nitrogen and oxygen atoms in total. The summed E-state index contributed by atoms with van der Waals surface area (Å²) in [7, 11) is 0. The predicted molar refractivity (Wildman–Crippen MR) is 86.3 cm³/mol. The quantitative estimate of drug-likeness (QED) is 0.502. The largest absolute Gasteiger partial charge is 0.465 e. The average Bonchev–Trinajstić information content (AvgIpc) is 2.49. The lowest BCUT2D eigenvalue weighted by Gasteiger charge is -2.26. The van der Waals surface area contributed by atoms with Gasteiger partial charge in [-0.25, -0.2) is 0 Å². The van der Waals surface area contributed by atoms with Gasteiger partial charge in [-0.15, -0.1) is 0 Å². The molecule has 0 atom stereocenters. The van der Waals surface area contributed by atoms with Crippen molar-refractivity contribution in [2.24, 2.45) is 23.7 Å². The van der Waals surface area contributed by atoms with Crippen LogP contribution >= 0.6 is 0 Å². The molecule has 0 aliphatic heterocycles. The molecule has 0 heterocycles. The SMILES string of the molecule is CC(C)CCCOC(=O)C1CCC(C(=O)OCC(C)C)CC1. The summed E-state index contributed by atoms with van der Waals surface area (Å²) >= 11 is 0. The molecule has 4 heteroatoms. The van der Waals surface area contributed by atoms with Crippen molar-refractivity contribution in [1.29, 1.82) is 0 Å². The fraction of sp³-hybridized carbons (Fsp3) is 0.889. The summed E-state index contributed by atoms with van der Waals surface area (Å²) in [6.07, 6.45) is 4.97. The van der Waals surface area contributed by atoms with Crippen LogP contribution in [0.1, 0.15) is 66.2 Å². The predicted octanol–water partition coefficient (Wildman–Crippen LogP) is 3.97. The molecule has 1 saturated carbocycles. The van der Waals surface area contributed by atoms with Crippen molar-refractivity contribution in [3.63, 3.8) is 0 Å². The maximum atomic E-state index is 12.0. The van der Waals surface area contributed by atoms with E-state index in [1.165, 1.54) is 0 Å². The van der Waals surface area contributed by atoms with Crippen molar-refractivity contribution in [3.8, 4) is 0 Å². The Kier molecular flexibility index (Phi) is 8.51. The Bertz CT molecular complexity index is 341. The van der Waals surface area contributed by atoms with Crippen molar-refractivity contribution in [2.75, 3.05) is 13.2 Å². The number of carbonyl (C=O) groups is 2. The van der Waals surface area contributed by atoms with Crippen LogP contribution < -0.4 is 0 Å². The maximum absolute atomic E-state index is 12.0. The fourth-order valence-electron chi connectivity index (χ4n) is 2.71. The minimum Gasteiger partial charge on any atom is -0.465 e. The number of esters is 2. The highest BCUT2D eigenvalue weighted by molar-refractivity contribution is 5.75. The van der Waals surface area contributed by atoms with Gasteiger partial charge in [-0.2, -0.15) is 0 Å². The van der Waals surface area contributed by atoms with E-state index in [0.717, 1.165) is 38.5 Å². The Balaban J connectivity index is 2.21. The van der Waals surface area contributed by atoms with E-state index in [-0.39, 0.29) is 23.8 Å². The van der Waals surface area contributed by atoms with Gasteiger partial charge in [0.25, 0.3) is 0 Å². The van der Waals surface area contributed by atoms with Crippen molar-refractivity contribution in [3.05, 3.63) is 0 Å². The second kappa shape index (κ2) is 9.86. The molecular formula is C18H32O4. The Morgan fingerprint density at radius 3 is 1.82 bits per heavy atom. The first-order chi connectivity index (χ1) is 10.4. The second-order valence-electron chi connectivity index (χ2n) is 7.28. The molecule has 0 saturated heterocycles. The molecule has 0 bridgehead atoms. The summed E-state index contributed by atoms with van der Waals surface area (Å²) in [5.41, 5.74) is 0. The van der Waals surface area contributed by atoms with Gasteiger partial charge in [-0.1, -0.05) is 27.7 Å². The standard InChI is InChI=1S/C18H32O4/c1-13(2)6-5-11-21-17(19)15-7-9-16(10-8-15)18(20)22-12-14(3)4/h13-16H,5-12H2,1-4H3. The summed E-state index contributed by atoms with van der Waals surface area (Å²) < 4.78 is 10.6. The van der Waals surface area contributed by atoms with Crippen molar-refractivity contribution in [2.45, 2.75) is 66.2 Å². The number of ether oxygens (including phenoxy) is 2. The second-order valence-corrected chi connectivity index (χ2v) is 7.28. The van der Waals surface area contributed by atoms with Gasteiger partial charge in [0.15, 0.2) is 0 Å². The van der Waals surface area contributed by atoms with Crippen molar-refractivity contribution in [1.82, 2.24) is 0 Å². The van der Waals surface area contributed by atoms with Crippen LogP contribution in [0.15, 0.2) is 0 Å². The molecule has 0 radical (unpaired) electrons. The number of hydrogen-bond acceptors (Lipinski definition) is 4. The summed E-state index contributed by atoms with van der Waals surface area (Å²) in [6.45, 7) is 9.39. The minimum absolute atomic E-state index is 0.0341. The molecule has 0 aromatic rings. The Morgan fingerprint density at radius 2 is 1.36 bits per heavy atom. The van der Waals surface area contributed by atoms with Crippen LogP contribution in [0, 0.1) is 23.7 Å². The summed E-state index contributed by atoms with van der Waals surface area (Å²) in [5.74, 6) is 0.749. The number of rotatable bonds is 8. The normalized spacial score (nSPS) is 21.9. The highest BCUT2D eigenvalue weighted by atomic mass is 16.5. The zero-order valence-corrected chi connectivity index (χ0v) is 14.6. The summed E-state index contributed by atoms with van der Waals surface area (Å²) in [6, 6.07) is 0. The Labute approximate surface area is 134 Å². The van der Waals surface area contributed by atoms with Gasteiger partial charge in [0, 0.05) is 0 Å². The van der Waals surface area contributed by atoms with Gasteiger partial charge < -0.3 is 9.47 Å². The third kappa shape index (κ3) is 7.28. The molecule has 0 unspecified atom stereocenters. The molecule has 1 rings (SSSR count). The van der Waals surface area contributed by atoms with E-state index in [9.17, 15) is 9.59 Å². The van der Waals surface area contributed by atoms with Crippen LogP contribution in [0.4, 0.5) is 0 Å². The number of hydrogen-bond donors (Lipinski definition) is 0. The average molecular weight is 312 g/mol. The maximum Gasteiger partial charge on any atom is 0.308 e. The van der Waals surface area contributed by atoms with E-state index < -0.39 is 0 Å². The summed E-state index contributed by atoms with van der Waals surface area (Å²) in [5, 5.41) is 0. The molecule has 0 N–H and O–H groups in total. The first-order valence-electron chi connectivity index (χ1n) is 8.73. The highest BCUT2D eigenvalue weighted by Crippen LogP contribution is 2.30. The zero-order valence-electron chi connectivity index (χ0n) is 14.6. The molecule has 1 aliphatic rings. The monoisotopic (exact) mass is 312 g/mol. The lowest BCUT2D eigenvalue weighted by atomic mass is 9.82. The van der Waals surface area contributed by atoms with Gasteiger partial charge in [0.1, 0.15) is 0 Å². The van der Waals surface area contributed by atoms with E-state index in [4.69, 9.17) is 9.47 Å². The van der Waals surface area contributed by atoms with Gasteiger partial charge >= 0.3 is 11.9 Å². The lowest BCUT2D eigenvalue weighted by Crippen LogP contribution is -2.29. The van der Waals surface area contributed by atoms with Gasteiger partial charge in [0.05, 0.1) is 25.0 Å². The zero-order chi connectivity index (χ0) is 16.5. The summed E-state index contributed by atoms with van der Waals surface area (Å²) in [4.78, 5) is 23.9. The molecule has 0 spiro atoms. The lowest BCUT2D eigenvalue weighted by molar-refractivity contribution is -0.155. The smallest absolute Gasteiger partial charge is 0.308 e. The van der Waals surface area contributed by atoms with Crippen LogP contribution in [-0.2, 0) is 19.1 Å². The van der Waals surface area contributed by atoms with Crippen LogP contribution in [-0.4, -0.2) is 25.2 Å². The minimum atomic E-state index is -0.0996. The molecular weight excluding hydrogens is 280 g/mol. The van der Waals surface area contributed by atoms with Gasteiger partial charge in [-0.05, 0) is 50.4 Å². The van der Waals surface area contributed by atoms with Crippen LogP contribution in [0.25, 0.3) is 0 Å².